The largest absolute Gasteiger partial charge is 0.377 e. The minimum absolute atomic E-state index is 0.301. The highest BCUT2D eigenvalue weighted by molar-refractivity contribution is 4.70. The Labute approximate surface area is 86.6 Å². The van der Waals surface area contributed by atoms with Crippen LogP contribution >= 0.6 is 0 Å². The minimum atomic E-state index is -0.301. The summed E-state index contributed by atoms with van der Waals surface area (Å²) >= 11 is 0. The van der Waals surface area contributed by atoms with E-state index < -0.39 is 0 Å². The molecule has 0 radical (unpaired) electrons. The maximum Gasteiger partial charge on any atom is 0.136 e. The van der Waals surface area contributed by atoms with Crippen molar-refractivity contribution in [2.45, 2.75) is 47.1 Å². The van der Waals surface area contributed by atoms with Gasteiger partial charge in [-0.25, -0.2) is 0 Å². The highest BCUT2D eigenvalue weighted by Gasteiger charge is 2.24. The molecule has 84 valence electrons. The molecule has 4 heteroatoms. The van der Waals surface area contributed by atoms with Gasteiger partial charge in [-0.2, -0.15) is 0 Å². The van der Waals surface area contributed by atoms with Gasteiger partial charge in [0.15, 0.2) is 0 Å². The van der Waals surface area contributed by atoms with Gasteiger partial charge in [-0.05, 0) is 25.7 Å². The summed E-state index contributed by atoms with van der Waals surface area (Å²) in [5, 5.41) is 7.02. The van der Waals surface area contributed by atoms with Crippen molar-refractivity contribution in [3.63, 3.8) is 0 Å². The van der Waals surface area contributed by atoms with Crippen LogP contribution in [0.25, 0.3) is 0 Å². The fourth-order valence-corrected chi connectivity index (χ4v) is 0.433. The van der Waals surface area contributed by atoms with Gasteiger partial charge < -0.3 is 9.68 Å². The zero-order valence-corrected chi connectivity index (χ0v) is 10.1. The van der Waals surface area contributed by atoms with Crippen molar-refractivity contribution in [3.8, 4) is 0 Å². The van der Waals surface area contributed by atoms with Crippen molar-refractivity contribution in [1.29, 1.82) is 0 Å². The summed E-state index contributed by atoms with van der Waals surface area (Å²) in [5.74, 6) is 0.832. The normalized spacial score (nSPS) is 12.9. The molecule has 0 aliphatic carbocycles. The van der Waals surface area contributed by atoms with E-state index in [4.69, 9.17) is 9.68 Å². The van der Waals surface area contributed by atoms with Gasteiger partial charge in [0, 0.05) is 0 Å². The Morgan fingerprint density at radius 2 is 1.64 bits per heavy atom. The summed E-state index contributed by atoms with van der Waals surface area (Å²) in [6.07, 6.45) is 0. The predicted octanol–water partition coefficient (Wildman–Crippen LogP) is 3.39. The number of hydrogen-bond acceptors (Lipinski definition) is 4. The number of rotatable bonds is 6. The third-order valence-electron chi connectivity index (χ3n) is 2.17. The maximum absolute atomic E-state index is 5.21. The molecule has 4 nitrogen and oxygen atoms in total. The summed E-state index contributed by atoms with van der Waals surface area (Å²) in [7, 11) is 0. The van der Waals surface area contributed by atoms with E-state index in [2.05, 4.69) is 38.3 Å². The van der Waals surface area contributed by atoms with Crippen LogP contribution in [0.5, 0.6) is 0 Å². The van der Waals surface area contributed by atoms with Crippen molar-refractivity contribution < 1.29 is 9.68 Å². The second-order valence-corrected chi connectivity index (χ2v) is 4.70. The van der Waals surface area contributed by atoms with Gasteiger partial charge in [0.1, 0.15) is 12.2 Å². The van der Waals surface area contributed by atoms with E-state index in [-0.39, 0.29) is 5.60 Å². The highest BCUT2D eigenvalue weighted by Crippen LogP contribution is 2.20. The molecule has 0 aliphatic heterocycles. The lowest BCUT2D eigenvalue weighted by Crippen LogP contribution is -2.28. The molecular weight excluding hydrogens is 180 g/mol. The first-order valence-electron chi connectivity index (χ1n) is 5.06. The molecule has 0 aromatic rings. The lowest BCUT2D eigenvalue weighted by atomic mass is 9.95. The molecule has 0 bridgehead atoms. The third-order valence-corrected chi connectivity index (χ3v) is 2.17. The Kier molecular flexibility index (Phi) is 5.50. The first-order chi connectivity index (χ1) is 6.36. The van der Waals surface area contributed by atoms with E-state index in [0.717, 1.165) is 0 Å². The lowest BCUT2D eigenvalue weighted by Gasteiger charge is -2.25. The van der Waals surface area contributed by atoms with Crippen LogP contribution < -0.4 is 0 Å². The lowest BCUT2D eigenvalue weighted by molar-refractivity contribution is -0.0806. The van der Waals surface area contributed by atoms with Gasteiger partial charge >= 0.3 is 0 Å². The molecule has 0 rings (SSSR count). The molecule has 0 aromatic heterocycles. The zero-order valence-electron chi connectivity index (χ0n) is 10.1. The molecule has 0 amide bonds. The van der Waals surface area contributed by atoms with E-state index >= 15 is 0 Å². The Morgan fingerprint density at radius 3 is 2.07 bits per heavy atom. The number of nitrogens with zero attached hydrogens (tertiary/aromatic N) is 2. The Bertz CT molecular complexity index is 177. The molecule has 0 saturated carbocycles. The molecule has 0 saturated heterocycles. The minimum Gasteiger partial charge on any atom is -0.377 e. The van der Waals surface area contributed by atoms with Gasteiger partial charge in [0.2, 0.25) is 0 Å². The summed E-state index contributed by atoms with van der Waals surface area (Å²) in [6, 6.07) is 0. The topological polar surface area (TPSA) is 43.2 Å². The first-order valence-corrected chi connectivity index (χ1v) is 5.06. The predicted molar refractivity (Wildman–Crippen MR) is 55.6 cm³/mol. The van der Waals surface area contributed by atoms with E-state index in [0.29, 0.717) is 18.4 Å². The SMILES string of the molecule is CC(C)CO/N=N/OC(C)(C)C(C)C. The third kappa shape index (κ3) is 5.78. The van der Waals surface area contributed by atoms with Gasteiger partial charge in [0.25, 0.3) is 0 Å². The Balaban J connectivity index is 3.71. The van der Waals surface area contributed by atoms with Crippen molar-refractivity contribution >= 4 is 0 Å². The van der Waals surface area contributed by atoms with Crippen molar-refractivity contribution in [1.82, 2.24) is 0 Å². The second-order valence-electron chi connectivity index (χ2n) is 4.70. The summed E-state index contributed by atoms with van der Waals surface area (Å²) < 4.78 is 0. The molecule has 0 atom stereocenters. The van der Waals surface area contributed by atoms with Crippen LogP contribution in [-0.4, -0.2) is 12.2 Å². The summed E-state index contributed by atoms with van der Waals surface area (Å²) in [6.45, 7) is 12.8. The number of hydrogen-bond donors (Lipinski definition) is 0. The van der Waals surface area contributed by atoms with Gasteiger partial charge in [-0.1, -0.05) is 27.7 Å². The standard InChI is InChI=1S/C10H22N2O2/c1-8(2)7-13-11-12-14-10(5,6)9(3)4/h8-9H,7H2,1-6H3/b12-11+. The second kappa shape index (κ2) is 5.83. The van der Waals surface area contributed by atoms with Gasteiger partial charge in [-0.15, -0.1) is 0 Å². The monoisotopic (exact) mass is 202 g/mol. The van der Waals surface area contributed by atoms with Crippen molar-refractivity contribution in [2.24, 2.45) is 22.4 Å². The molecule has 0 spiro atoms. The van der Waals surface area contributed by atoms with Crippen LogP contribution in [0.3, 0.4) is 0 Å². The van der Waals surface area contributed by atoms with E-state index in [9.17, 15) is 0 Å². The smallest absolute Gasteiger partial charge is 0.136 e. The zero-order chi connectivity index (χ0) is 11.2. The summed E-state index contributed by atoms with van der Waals surface area (Å²) in [5.41, 5.74) is -0.301. The van der Waals surface area contributed by atoms with Crippen LogP contribution in [0, 0.1) is 11.8 Å². The van der Waals surface area contributed by atoms with Gasteiger partial charge in [0.05, 0.1) is 10.6 Å². The van der Waals surface area contributed by atoms with Crippen LogP contribution in [0.2, 0.25) is 0 Å². The van der Waals surface area contributed by atoms with Crippen molar-refractivity contribution in [2.75, 3.05) is 6.61 Å². The average molecular weight is 202 g/mol. The molecule has 0 heterocycles. The van der Waals surface area contributed by atoms with E-state index in [1.54, 1.807) is 0 Å². The summed E-state index contributed by atoms with van der Waals surface area (Å²) in [4.78, 5) is 10.1. The van der Waals surface area contributed by atoms with E-state index in [1.807, 2.05) is 13.8 Å². The quantitative estimate of drug-likeness (QED) is 0.489. The van der Waals surface area contributed by atoms with Crippen LogP contribution in [0.15, 0.2) is 10.6 Å². The average Bonchev–Trinajstić information content (AvgIpc) is 2.02. The molecule has 0 N–H and O–H groups in total. The highest BCUT2D eigenvalue weighted by atomic mass is 16.7. The maximum atomic E-state index is 5.21. The van der Waals surface area contributed by atoms with Crippen LogP contribution in [-0.2, 0) is 9.68 Å². The van der Waals surface area contributed by atoms with Crippen molar-refractivity contribution in [3.05, 3.63) is 0 Å². The van der Waals surface area contributed by atoms with Gasteiger partial charge in [-0.3, -0.25) is 0 Å². The first kappa shape index (κ1) is 13.2. The Hall–Kier alpha value is -0.800. The van der Waals surface area contributed by atoms with E-state index in [1.165, 1.54) is 0 Å². The Morgan fingerprint density at radius 1 is 1.07 bits per heavy atom. The molecule has 0 fully saturated rings. The fraction of sp³-hybridized carbons (Fsp3) is 1.00. The van der Waals surface area contributed by atoms with Crippen LogP contribution in [0.4, 0.5) is 0 Å². The molecule has 0 aromatic carbocycles. The molecule has 0 aliphatic rings. The molecule has 14 heavy (non-hydrogen) atoms. The van der Waals surface area contributed by atoms with Crippen LogP contribution in [0.1, 0.15) is 41.5 Å². The fourth-order valence-electron chi connectivity index (χ4n) is 0.433. The molecule has 0 unspecified atom stereocenters. The molecular formula is C10H22N2O2.